The Morgan fingerprint density at radius 3 is 3.11 bits per heavy atom. The molecule has 2 aromatic rings. The molecule has 0 radical (unpaired) electrons. The largest absolute Gasteiger partial charge is 0.303 e. The molecule has 1 unspecified atom stereocenters. The molecule has 0 amide bonds. The van der Waals surface area contributed by atoms with Gasteiger partial charge in [-0.3, -0.25) is 4.79 Å². The third-order valence-corrected chi connectivity index (χ3v) is 3.84. The fraction of sp³-hybridized carbons (Fsp3) is 0.500. The minimum atomic E-state index is 0.554. The van der Waals surface area contributed by atoms with Crippen LogP contribution in [0.1, 0.15) is 29.7 Å². The van der Waals surface area contributed by atoms with Crippen molar-refractivity contribution in [2.45, 2.75) is 19.8 Å². The summed E-state index contributed by atoms with van der Waals surface area (Å²) in [5.74, 6) is 1.48. The van der Waals surface area contributed by atoms with Crippen LogP contribution in [0.25, 0.3) is 5.65 Å². The van der Waals surface area contributed by atoms with Crippen LogP contribution in [0.3, 0.4) is 0 Å². The number of likely N-dealkylation sites (tertiary alicyclic amines) is 1. The molecule has 3 heterocycles. The maximum Gasteiger partial charge on any atom is 0.168 e. The van der Waals surface area contributed by atoms with Crippen molar-refractivity contribution in [3.63, 3.8) is 0 Å². The van der Waals surface area contributed by atoms with E-state index in [-0.39, 0.29) is 0 Å². The normalized spacial score (nSPS) is 20.2. The van der Waals surface area contributed by atoms with E-state index in [0.29, 0.717) is 11.6 Å². The van der Waals surface area contributed by atoms with Crippen LogP contribution in [0.4, 0.5) is 0 Å². The molecule has 1 fully saturated rings. The van der Waals surface area contributed by atoms with Crippen molar-refractivity contribution in [3.05, 3.63) is 29.7 Å². The Balaban J connectivity index is 1.80. The number of rotatable bonds is 4. The number of carbonyl (C=O) groups is 1. The average molecular weight is 258 g/mol. The number of carbonyl (C=O) groups excluding carboxylic acids is 1. The molecule has 3 rings (SSSR count). The summed E-state index contributed by atoms with van der Waals surface area (Å²) in [5, 5.41) is 4.45. The van der Waals surface area contributed by atoms with Crippen LogP contribution >= 0.6 is 0 Å². The van der Waals surface area contributed by atoms with Gasteiger partial charge >= 0.3 is 0 Å². The molecule has 0 saturated carbocycles. The van der Waals surface area contributed by atoms with E-state index in [1.807, 2.05) is 12.1 Å². The summed E-state index contributed by atoms with van der Waals surface area (Å²) >= 11 is 0. The van der Waals surface area contributed by atoms with Gasteiger partial charge in [0, 0.05) is 13.0 Å². The van der Waals surface area contributed by atoms with E-state index in [4.69, 9.17) is 0 Å². The number of aldehydes is 1. The Kier molecular flexibility index (Phi) is 3.29. The molecule has 0 bridgehead atoms. The van der Waals surface area contributed by atoms with E-state index in [0.717, 1.165) is 37.3 Å². The van der Waals surface area contributed by atoms with E-state index in [1.165, 1.54) is 13.0 Å². The molecule has 0 N–H and O–H groups in total. The van der Waals surface area contributed by atoms with Crippen molar-refractivity contribution in [3.8, 4) is 0 Å². The SMILES string of the molecule is CCN1CCC(Cc2nc3cccc(C=O)n3n2)C1. The quantitative estimate of drug-likeness (QED) is 0.778. The van der Waals surface area contributed by atoms with Crippen LogP contribution in [-0.4, -0.2) is 45.4 Å². The fourth-order valence-corrected chi connectivity index (χ4v) is 2.77. The summed E-state index contributed by atoms with van der Waals surface area (Å²) in [7, 11) is 0. The van der Waals surface area contributed by atoms with Gasteiger partial charge < -0.3 is 4.90 Å². The van der Waals surface area contributed by atoms with Crippen LogP contribution in [0.15, 0.2) is 18.2 Å². The van der Waals surface area contributed by atoms with E-state index in [2.05, 4.69) is 21.9 Å². The van der Waals surface area contributed by atoms with Crippen LogP contribution in [0.5, 0.6) is 0 Å². The molecule has 0 spiro atoms. The second kappa shape index (κ2) is 5.09. The third kappa shape index (κ3) is 2.38. The van der Waals surface area contributed by atoms with E-state index >= 15 is 0 Å². The highest BCUT2D eigenvalue weighted by Crippen LogP contribution is 2.19. The average Bonchev–Trinajstić information content (AvgIpc) is 3.04. The Bertz CT molecular complexity index is 592. The summed E-state index contributed by atoms with van der Waals surface area (Å²) in [6.45, 7) is 5.62. The van der Waals surface area contributed by atoms with Gasteiger partial charge in [0.15, 0.2) is 17.8 Å². The lowest BCUT2D eigenvalue weighted by molar-refractivity contribution is 0.111. The number of hydrogen-bond acceptors (Lipinski definition) is 4. The number of fused-ring (bicyclic) bond motifs is 1. The predicted molar refractivity (Wildman–Crippen MR) is 72.3 cm³/mol. The molecular formula is C14H18N4O. The van der Waals surface area contributed by atoms with Crippen LogP contribution < -0.4 is 0 Å². The van der Waals surface area contributed by atoms with Crippen LogP contribution in [0, 0.1) is 5.92 Å². The van der Waals surface area contributed by atoms with Gasteiger partial charge in [-0.25, -0.2) is 9.50 Å². The van der Waals surface area contributed by atoms with Crippen molar-refractivity contribution in [1.82, 2.24) is 19.5 Å². The molecule has 0 aliphatic carbocycles. The first-order chi connectivity index (χ1) is 9.30. The lowest BCUT2D eigenvalue weighted by atomic mass is 10.1. The van der Waals surface area contributed by atoms with Gasteiger partial charge in [0.2, 0.25) is 0 Å². The van der Waals surface area contributed by atoms with Crippen LogP contribution in [0.2, 0.25) is 0 Å². The minimum Gasteiger partial charge on any atom is -0.303 e. The molecular weight excluding hydrogens is 240 g/mol. The lowest BCUT2D eigenvalue weighted by Crippen LogP contribution is -2.20. The van der Waals surface area contributed by atoms with E-state index in [1.54, 1.807) is 10.6 Å². The van der Waals surface area contributed by atoms with Gasteiger partial charge in [-0.2, -0.15) is 5.10 Å². The van der Waals surface area contributed by atoms with Crippen molar-refractivity contribution in [1.29, 1.82) is 0 Å². The Labute approximate surface area is 112 Å². The minimum absolute atomic E-state index is 0.554. The summed E-state index contributed by atoms with van der Waals surface area (Å²) < 4.78 is 1.63. The molecule has 1 aliphatic rings. The second-order valence-electron chi connectivity index (χ2n) is 5.12. The summed E-state index contributed by atoms with van der Waals surface area (Å²) in [6.07, 6.45) is 2.93. The summed E-state index contributed by atoms with van der Waals surface area (Å²) in [6, 6.07) is 5.48. The molecule has 5 nitrogen and oxygen atoms in total. The molecule has 2 aromatic heterocycles. The molecule has 1 atom stereocenters. The van der Waals surface area contributed by atoms with Gasteiger partial charge in [-0.1, -0.05) is 13.0 Å². The van der Waals surface area contributed by atoms with Crippen molar-refractivity contribution >= 4 is 11.9 Å². The first kappa shape index (κ1) is 12.3. The monoisotopic (exact) mass is 258 g/mol. The molecule has 1 saturated heterocycles. The fourth-order valence-electron chi connectivity index (χ4n) is 2.77. The van der Waals surface area contributed by atoms with Gasteiger partial charge in [-0.05, 0) is 37.6 Å². The highest BCUT2D eigenvalue weighted by Gasteiger charge is 2.22. The van der Waals surface area contributed by atoms with Crippen LogP contribution in [-0.2, 0) is 6.42 Å². The number of aromatic nitrogens is 3. The highest BCUT2D eigenvalue weighted by molar-refractivity contribution is 5.73. The predicted octanol–water partition coefficient (Wildman–Crippen LogP) is 1.43. The highest BCUT2D eigenvalue weighted by atomic mass is 16.1. The molecule has 19 heavy (non-hydrogen) atoms. The maximum atomic E-state index is 11.0. The summed E-state index contributed by atoms with van der Waals surface area (Å²) in [5.41, 5.74) is 1.31. The smallest absolute Gasteiger partial charge is 0.168 e. The molecule has 100 valence electrons. The first-order valence-electron chi connectivity index (χ1n) is 6.82. The Hall–Kier alpha value is -1.75. The zero-order valence-electron chi connectivity index (χ0n) is 11.1. The summed E-state index contributed by atoms with van der Waals surface area (Å²) in [4.78, 5) is 17.9. The first-order valence-corrected chi connectivity index (χ1v) is 6.82. The zero-order chi connectivity index (χ0) is 13.2. The zero-order valence-corrected chi connectivity index (χ0v) is 11.1. The van der Waals surface area contributed by atoms with Gasteiger partial charge in [0.1, 0.15) is 5.69 Å². The third-order valence-electron chi connectivity index (χ3n) is 3.84. The van der Waals surface area contributed by atoms with Crippen molar-refractivity contribution < 1.29 is 4.79 Å². The van der Waals surface area contributed by atoms with Crippen molar-refractivity contribution in [2.75, 3.05) is 19.6 Å². The molecule has 1 aliphatic heterocycles. The van der Waals surface area contributed by atoms with Gasteiger partial charge in [0.05, 0.1) is 0 Å². The Morgan fingerprint density at radius 2 is 2.37 bits per heavy atom. The second-order valence-corrected chi connectivity index (χ2v) is 5.12. The molecule has 5 heteroatoms. The standard InChI is InChI=1S/C14H18N4O/c1-2-17-7-6-11(9-17)8-13-15-14-5-3-4-12(10-19)18(14)16-13/h3-5,10-11H,2,6-9H2,1H3. The Morgan fingerprint density at radius 1 is 1.47 bits per heavy atom. The number of hydrogen-bond donors (Lipinski definition) is 0. The van der Waals surface area contributed by atoms with Gasteiger partial charge in [0.25, 0.3) is 0 Å². The number of nitrogens with zero attached hydrogens (tertiary/aromatic N) is 4. The molecule has 0 aromatic carbocycles. The topological polar surface area (TPSA) is 50.5 Å². The van der Waals surface area contributed by atoms with E-state index < -0.39 is 0 Å². The lowest BCUT2D eigenvalue weighted by Gasteiger charge is -2.11. The maximum absolute atomic E-state index is 11.0. The van der Waals surface area contributed by atoms with E-state index in [9.17, 15) is 4.79 Å². The van der Waals surface area contributed by atoms with Crippen molar-refractivity contribution in [2.24, 2.45) is 5.92 Å². The number of pyridine rings is 1. The van der Waals surface area contributed by atoms with Gasteiger partial charge in [-0.15, -0.1) is 0 Å².